The van der Waals surface area contributed by atoms with E-state index in [-0.39, 0.29) is 11.3 Å². The van der Waals surface area contributed by atoms with Crippen LogP contribution in [0, 0.1) is 12.7 Å². The van der Waals surface area contributed by atoms with Crippen LogP contribution in [-0.4, -0.2) is 24.1 Å². The first kappa shape index (κ1) is 17.7. The predicted molar refractivity (Wildman–Crippen MR) is 91.3 cm³/mol. The lowest BCUT2D eigenvalue weighted by Gasteiger charge is -2.07. The Morgan fingerprint density at radius 2 is 1.96 bits per heavy atom. The molecule has 0 unspecified atom stereocenters. The lowest BCUT2D eigenvalue weighted by atomic mass is 10.1. The largest absolute Gasteiger partial charge is 0.457 e. The molecule has 0 spiro atoms. The molecule has 0 aromatic heterocycles. The number of esters is 1. The van der Waals surface area contributed by atoms with Crippen molar-refractivity contribution in [3.05, 3.63) is 63.9 Å². The number of hydrogen-bond acceptors (Lipinski definition) is 4. The van der Waals surface area contributed by atoms with Crippen LogP contribution >= 0.6 is 27.7 Å². The fourth-order valence-corrected chi connectivity index (χ4v) is 3.15. The molecule has 0 bridgehead atoms. The molecule has 3 nitrogen and oxygen atoms in total. The smallest absolute Gasteiger partial charge is 0.316 e. The van der Waals surface area contributed by atoms with Crippen molar-refractivity contribution in [3.8, 4) is 0 Å². The van der Waals surface area contributed by atoms with Crippen LogP contribution in [0.5, 0.6) is 0 Å². The normalized spacial score (nSPS) is 10.4. The zero-order chi connectivity index (χ0) is 16.8. The van der Waals surface area contributed by atoms with Gasteiger partial charge in [-0.3, -0.25) is 9.59 Å². The number of hydrogen-bond donors (Lipinski definition) is 0. The number of aryl methyl sites for hydroxylation is 1. The average Bonchev–Trinajstić information content (AvgIpc) is 2.52. The van der Waals surface area contributed by atoms with E-state index in [2.05, 4.69) is 15.9 Å². The Labute approximate surface area is 146 Å². The van der Waals surface area contributed by atoms with Gasteiger partial charge in [-0.05, 0) is 42.8 Å². The Hall–Kier alpha value is -1.66. The fraction of sp³-hybridized carbons (Fsp3) is 0.176. The predicted octanol–water partition coefficient (Wildman–Crippen LogP) is 4.41. The number of benzene rings is 2. The quantitative estimate of drug-likeness (QED) is 0.411. The summed E-state index contributed by atoms with van der Waals surface area (Å²) in [5, 5.41) is 0. The van der Waals surface area contributed by atoms with Crippen LogP contribution in [0.3, 0.4) is 0 Å². The molecular formula is C17H14BrFO3S. The molecular weight excluding hydrogens is 383 g/mol. The Balaban J connectivity index is 1.83. The SMILES string of the molecule is Cc1cc(Br)ccc1SCC(=O)OCC(=O)c1ccccc1F. The van der Waals surface area contributed by atoms with E-state index in [1.165, 1.54) is 30.0 Å². The average molecular weight is 397 g/mol. The van der Waals surface area contributed by atoms with E-state index in [0.29, 0.717) is 0 Å². The summed E-state index contributed by atoms with van der Waals surface area (Å²) >= 11 is 4.71. The van der Waals surface area contributed by atoms with Crippen molar-refractivity contribution in [1.29, 1.82) is 0 Å². The van der Waals surface area contributed by atoms with Crippen molar-refractivity contribution >= 4 is 39.4 Å². The second kappa shape index (κ2) is 8.26. The molecule has 0 fully saturated rings. The first-order valence-electron chi connectivity index (χ1n) is 6.79. The monoisotopic (exact) mass is 396 g/mol. The van der Waals surface area contributed by atoms with Crippen LogP contribution in [-0.2, 0) is 9.53 Å². The zero-order valence-corrected chi connectivity index (χ0v) is 14.7. The highest BCUT2D eigenvalue weighted by atomic mass is 79.9. The fourth-order valence-electron chi connectivity index (χ4n) is 1.86. The van der Waals surface area contributed by atoms with E-state index in [9.17, 15) is 14.0 Å². The van der Waals surface area contributed by atoms with Gasteiger partial charge >= 0.3 is 5.97 Å². The maximum Gasteiger partial charge on any atom is 0.316 e. The van der Waals surface area contributed by atoms with E-state index < -0.39 is 24.2 Å². The van der Waals surface area contributed by atoms with Crippen molar-refractivity contribution in [1.82, 2.24) is 0 Å². The van der Waals surface area contributed by atoms with Gasteiger partial charge in [0.1, 0.15) is 5.82 Å². The Morgan fingerprint density at radius 1 is 1.22 bits per heavy atom. The Morgan fingerprint density at radius 3 is 2.65 bits per heavy atom. The molecule has 23 heavy (non-hydrogen) atoms. The number of ether oxygens (including phenoxy) is 1. The minimum Gasteiger partial charge on any atom is -0.457 e. The van der Waals surface area contributed by atoms with Gasteiger partial charge in [0.25, 0.3) is 0 Å². The van der Waals surface area contributed by atoms with Crippen LogP contribution in [0.2, 0.25) is 0 Å². The third-order valence-corrected chi connectivity index (χ3v) is 4.66. The maximum atomic E-state index is 13.4. The van der Waals surface area contributed by atoms with Gasteiger partial charge in [-0.2, -0.15) is 0 Å². The van der Waals surface area contributed by atoms with Crippen molar-refractivity contribution in [2.45, 2.75) is 11.8 Å². The molecule has 120 valence electrons. The number of ketones is 1. The molecule has 2 aromatic carbocycles. The van der Waals surface area contributed by atoms with Crippen molar-refractivity contribution in [3.63, 3.8) is 0 Å². The molecule has 0 radical (unpaired) electrons. The second-order valence-corrected chi connectivity index (χ2v) is 6.70. The molecule has 6 heteroatoms. The number of halogens is 2. The lowest BCUT2D eigenvalue weighted by Crippen LogP contribution is -2.16. The highest BCUT2D eigenvalue weighted by molar-refractivity contribution is 9.10. The standard InChI is InChI=1S/C17H14BrFO3S/c1-11-8-12(18)6-7-16(11)23-10-17(21)22-9-15(20)13-4-2-3-5-14(13)19/h2-8H,9-10H2,1H3. The molecule has 0 aliphatic heterocycles. The first-order chi connectivity index (χ1) is 11.0. The molecule has 0 saturated carbocycles. The van der Waals surface area contributed by atoms with E-state index in [1.54, 1.807) is 6.07 Å². The summed E-state index contributed by atoms with van der Waals surface area (Å²) in [5.74, 6) is -1.59. The molecule has 0 amide bonds. The molecule has 2 aromatic rings. The maximum absolute atomic E-state index is 13.4. The summed E-state index contributed by atoms with van der Waals surface area (Å²) in [7, 11) is 0. The van der Waals surface area contributed by atoms with Crippen molar-refractivity contribution < 1.29 is 18.7 Å². The van der Waals surface area contributed by atoms with E-state index >= 15 is 0 Å². The summed E-state index contributed by atoms with van der Waals surface area (Å²) in [4.78, 5) is 24.5. The van der Waals surface area contributed by atoms with Gasteiger partial charge in [-0.15, -0.1) is 11.8 Å². The Kier molecular flexibility index (Phi) is 6.36. The lowest BCUT2D eigenvalue weighted by molar-refractivity contribution is -0.139. The van der Waals surface area contributed by atoms with Gasteiger partial charge in [0.05, 0.1) is 11.3 Å². The van der Waals surface area contributed by atoms with Gasteiger partial charge in [0.2, 0.25) is 5.78 Å². The number of Topliss-reactive ketones (excluding diaryl/α,β-unsaturated/α-hetero) is 1. The number of thioether (sulfide) groups is 1. The summed E-state index contributed by atoms with van der Waals surface area (Å²) in [6, 6.07) is 11.4. The number of rotatable bonds is 6. The molecule has 0 saturated heterocycles. The van der Waals surface area contributed by atoms with Crippen LogP contribution in [0.1, 0.15) is 15.9 Å². The molecule has 0 atom stereocenters. The van der Waals surface area contributed by atoms with Gasteiger partial charge in [-0.25, -0.2) is 4.39 Å². The van der Waals surface area contributed by atoms with Gasteiger partial charge < -0.3 is 4.74 Å². The van der Waals surface area contributed by atoms with Crippen molar-refractivity contribution in [2.75, 3.05) is 12.4 Å². The van der Waals surface area contributed by atoms with Gasteiger partial charge in [0.15, 0.2) is 6.61 Å². The number of carbonyl (C=O) groups excluding carboxylic acids is 2. The van der Waals surface area contributed by atoms with Crippen LogP contribution < -0.4 is 0 Å². The van der Waals surface area contributed by atoms with Crippen LogP contribution in [0.25, 0.3) is 0 Å². The third-order valence-electron chi connectivity index (χ3n) is 3.02. The Bertz CT molecular complexity index is 734. The summed E-state index contributed by atoms with van der Waals surface area (Å²) < 4.78 is 19.3. The molecule has 0 N–H and O–H groups in total. The third kappa shape index (κ3) is 5.18. The van der Waals surface area contributed by atoms with E-state index in [0.717, 1.165) is 14.9 Å². The second-order valence-electron chi connectivity index (χ2n) is 4.76. The summed E-state index contributed by atoms with van der Waals surface area (Å²) in [6.07, 6.45) is 0. The highest BCUT2D eigenvalue weighted by Gasteiger charge is 2.14. The van der Waals surface area contributed by atoms with E-state index in [1.807, 2.05) is 25.1 Å². The topological polar surface area (TPSA) is 43.4 Å². The minimum absolute atomic E-state index is 0.0725. The minimum atomic E-state index is -0.617. The van der Waals surface area contributed by atoms with Gasteiger partial charge in [0, 0.05) is 9.37 Å². The summed E-state index contributed by atoms with van der Waals surface area (Å²) in [5.41, 5.74) is 0.969. The molecule has 0 aliphatic rings. The van der Waals surface area contributed by atoms with Crippen LogP contribution in [0.4, 0.5) is 4.39 Å². The van der Waals surface area contributed by atoms with E-state index in [4.69, 9.17) is 4.74 Å². The molecule has 0 heterocycles. The van der Waals surface area contributed by atoms with Crippen molar-refractivity contribution in [2.24, 2.45) is 0 Å². The molecule has 0 aliphatic carbocycles. The molecule has 2 rings (SSSR count). The summed E-state index contributed by atoms with van der Waals surface area (Å²) in [6.45, 7) is 1.49. The van der Waals surface area contributed by atoms with Gasteiger partial charge in [-0.1, -0.05) is 28.1 Å². The first-order valence-corrected chi connectivity index (χ1v) is 8.57. The van der Waals surface area contributed by atoms with Crippen LogP contribution in [0.15, 0.2) is 51.8 Å². The number of carbonyl (C=O) groups is 2. The highest BCUT2D eigenvalue weighted by Crippen LogP contribution is 2.25. The zero-order valence-electron chi connectivity index (χ0n) is 12.3.